The van der Waals surface area contributed by atoms with Crippen molar-refractivity contribution in [1.29, 1.82) is 0 Å². The minimum Gasteiger partial charge on any atom is -0.444 e. The normalized spacial score (nSPS) is 27.0. The lowest BCUT2D eigenvalue weighted by molar-refractivity contribution is -0.139. The zero-order valence-corrected chi connectivity index (χ0v) is 48.6. The standard InChI is InChI=1S/C31H40FN5O8S.C25H29FN4O7S/c1-6-19-13-31(19,27(40)35-46(5,43)21-10-11-21)34-26(39)24-12-20(16-37(24)25(38)14-33-28(41)45-30(2,3)4)44-29(42)36-15-18-8-7-9-23(32)22(18)17-36;1-3-16-10-25(16,23(33)28-38(35,36)18-7-8-18)27-22(32)21-9-17(12-30(21)14(2)31)37-24(34)29-11-15-5-4-6-20(26)19(15)13-29/h6-9,19-21,24H,1,5,10-17H2,2-4H3,(H,33,41)(H,34,39)(H,35,40,43);3-6,16-18,21H,1,7-13H2,2H3,(H,27,32)(H,28,33)/t19-,20-,24+,31-,46?;16-,17-,21+,25-/m11/s1. The Morgan fingerprint density at radius 2 is 1.13 bits per heavy atom. The summed E-state index contributed by atoms with van der Waals surface area (Å²) in [4.78, 5) is 122. The Kier molecular flexibility index (Phi) is 16.8. The smallest absolute Gasteiger partial charge is 0.410 e. The van der Waals surface area contributed by atoms with E-state index in [1.165, 1.54) is 50.8 Å². The van der Waals surface area contributed by atoms with E-state index < -0.39 is 150 Å². The van der Waals surface area contributed by atoms with Gasteiger partial charge in [-0.1, -0.05) is 36.4 Å². The summed E-state index contributed by atoms with van der Waals surface area (Å²) in [5, 5.41) is 6.94. The van der Waals surface area contributed by atoms with Crippen LogP contribution in [0.1, 0.15) is 101 Å². The van der Waals surface area contributed by atoms with Crippen LogP contribution >= 0.6 is 0 Å². The fraction of sp³-hybridized carbons (Fsp3) is 0.536. The first-order valence-corrected chi connectivity index (χ1v) is 30.9. The van der Waals surface area contributed by atoms with Crippen molar-refractivity contribution in [2.45, 2.75) is 157 Å². The molecule has 8 aliphatic rings. The van der Waals surface area contributed by atoms with E-state index in [-0.39, 0.29) is 70.2 Å². The summed E-state index contributed by atoms with van der Waals surface area (Å²) in [7, 11) is -6.74. The van der Waals surface area contributed by atoms with Crippen LogP contribution in [-0.4, -0.2) is 163 Å². The number of halogens is 2. The number of benzene rings is 2. The number of amides is 9. The third-order valence-corrected chi connectivity index (χ3v) is 20.1. The number of sulfonamides is 1. The van der Waals surface area contributed by atoms with Crippen LogP contribution in [0.15, 0.2) is 61.7 Å². The summed E-state index contributed by atoms with van der Waals surface area (Å²) in [6, 6.07) is 7.00. The van der Waals surface area contributed by atoms with Crippen LogP contribution in [-0.2, 0) is 88.9 Å². The molecule has 6 fully saturated rings. The zero-order valence-electron chi connectivity index (χ0n) is 47.0. The quantitative estimate of drug-likeness (QED) is 0.0917. The molecule has 84 heavy (non-hydrogen) atoms. The Morgan fingerprint density at radius 1 is 0.679 bits per heavy atom. The minimum atomic E-state index is -3.83. The van der Waals surface area contributed by atoms with Crippen molar-refractivity contribution >= 4 is 79.3 Å². The molecule has 2 aromatic carbocycles. The van der Waals surface area contributed by atoms with E-state index in [4.69, 9.17) is 14.2 Å². The summed E-state index contributed by atoms with van der Waals surface area (Å²) < 4.78 is 86.9. The van der Waals surface area contributed by atoms with Crippen LogP contribution in [0.4, 0.5) is 23.2 Å². The summed E-state index contributed by atoms with van der Waals surface area (Å²) in [6.45, 7) is 13.4. The number of fused-ring (bicyclic) bond motifs is 2. The zero-order chi connectivity index (χ0) is 61.0. The lowest BCUT2D eigenvalue weighted by Gasteiger charge is -2.27. The van der Waals surface area contributed by atoms with Crippen molar-refractivity contribution in [2.75, 3.05) is 19.6 Å². The number of ether oxygens (including phenoxy) is 3. The maximum absolute atomic E-state index is 14.3. The second-order valence-electron chi connectivity index (χ2n) is 23.6. The molecule has 4 heterocycles. The molecule has 4 aliphatic carbocycles. The number of nitrogens with zero attached hydrogens (tertiary/aromatic N) is 4. The highest BCUT2D eigenvalue weighted by Crippen LogP contribution is 2.47. The molecule has 4 aliphatic heterocycles. The Balaban J connectivity index is 0.000000205. The molecule has 9 atom stereocenters. The number of nitrogens with one attached hydrogen (secondary N) is 5. The largest absolute Gasteiger partial charge is 0.444 e. The van der Waals surface area contributed by atoms with Gasteiger partial charge in [-0.3, -0.25) is 48.0 Å². The Labute approximate surface area is 484 Å². The van der Waals surface area contributed by atoms with Gasteiger partial charge in [0, 0.05) is 61.1 Å². The first-order valence-electron chi connectivity index (χ1n) is 27.6. The number of alkyl carbamates (subject to hydrolysis) is 1. The van der Waals surface area contributed by atoms with Crippen LogP contribution in [0.5, 0.6) is 0 Å². The van der Waals surface area contributed by atoms with Crippen molar-refractivity contribution in [2.24, 2.45) is 11.8 Å². The van der Waals surface area contributed by atoms with Crippen molar-refractivity contribution in [3.63, 3.8) is 0 Å². The Bertz CT molecular complexity index is 3330. The van der Waals surface area contributed by atoms with E-state index in [1.54, 1.807) is 45.0 Å². The third-order valence-electron chi connectivity index (χ3n) is 16.2. The lowest BCUT2D eigenvalue weighted by atomic mass is 10.1. The van der Waals surface area contributed by atoms with Crippen molar-refractivity contribution in [3.05, 3.63) is 95.6 Å². The van der Waals surface area contributed by atoms with Gasteiger partial charge in [0.25, 0.3) is 11.8 Å². The predicted octanol–water partition coefficient (Wildman–Crippen LogP) is 2.68. The molecule has 2 aromatic rings. The van der Waals surface area contributed by atoms with Gasteiger partial charge >= 0.3 is 18.3 Å². The molecule has 9 amide bonds. The molecule has 1 unspecified atom stereocenters. The molecule has 454 valence electrons. The van der Waals surface area contributed by atoms with Gasteiger partial charge in [-0.2, -0.15) is 0 Å². The first-order chi connectivity index (χ1) is 39.5. The number of likely N-dealkylation sites (tertiary alicyclic amines) is 2. The van der Waals surface area contributed by atoms with E-state index in [0.29, 0.717) is 47.9 Å². The maximum atomic E-state index is 14.3. The topological polar surface area (TPSA) is 306 Å². The molecule has 2 saturated heterocycles. The highest BCUT2D eigenvalue weighted by molar-refractivity contribution is 7.99. The van der Waals surface area contributed by atoms with E-state index in [1.807, 2.05) is 0 Å². The summed E-state index contributed by atoms with van der Waals surface area (Å²) >= 11 is 0. The van der Waals surface area contributed by atoms with Gasteiger partial charge in [-0.25, -0.2) is 35.8 Å². The van der Waals surface area contributed by atoms with Gasteiger partial charge in [0.1, 0.15) is 59.1 Å². The van der Waals surface area contributed by atoms with Crippen molar-refractivity contribution in [3.8, 4) is 0 Å². The molecule has 24 nitrogen and oxygen atoms in total. The Morgan fingerprint density at radius 3 is 1.55 bits per heavy atom. The van der Waals surface area contributed by atoms with E-state index in [9.17, 15) is 64.6 Å². The van der Waals surface area contributed by atoms with Gasteiger partial charge in [0.2, 0.25) is 33.7 Å². The SMILES string of the molecule is C=C[C@@H]1C[C@]1(NC(=O)[C@@H]1C[C@@H](OC(=O)N2Cc3cccc(F)c3C2)CN1C(=O)CNC(=O)OC(C)(C)C)C(=O)NS(=C)(=O)C1CC1.C=C[C@@H]1C[C@]1(NC(=O)[C@@H]1C[C@@H](OC(=O)N2Cc3cccc(F)c3C2)CN1C(C)=O)C(=O)NS(=O)(=O)C1CC1. The molecule has 0 radical (unpaired) electrons. The van der Waals surface area contributed by atoms with Gasteiger partial charge in [-0.05, 0) is 88.4 Å². The number of carbonyl (C=O) groups excluding carboxylic acids is 9. The average molecular weight is 1210 g/mol. The van der Waals surface area contributed by atoms with Crippen LogP contribution in [0.3, 0.4) is 0 Å². The van der Waals surface area contributed by atoms with E-state index in [2.05, 4.69) is 44.4 Å². The van der Waals surface area contributed by atoms with E-state index in [0.717, 1.165) is 0 Å². The first kappa shape index (κ1) is 61.0. The molecule has 4 saturated carbocycles. The average Bonchev–Trinajstić information content (AvgIpc) is 1.77. The lowest BCUT2D eigenvalue weighted by Crippen LogP contribution is -2.57. The molecule has 0 spiro atoms. The van der Waals surface area contributed by atoms with Crippen LogP contribution in [0.25, 0.3) is 0 Å². The second kappa shape index (κ2) is 23.1. The highest BCUT2D eigenvalue weighted by atomic mass is 32.2. The molecule has 10 rings (SSSR count). The maximum Gasteiger partial charge on any atom is 0.410 e. The fourth-order valence-electron chi connectivity index (χ4n) is 11.0. The van der Waals surface area contributed by atoms with Crippen LogP contribution in [0.2, 0.25) is 0 Å². The number of hydrogen-bond donors (Lipinski definition) is 5. The second-order valence-corrected chi connectivity index (χ2v) is 27.9. The number of carbonyl (C=O) groups is 9. The van der Waals surface area contributed by atoms with Gasteiger partial charge < -0.3 is 40.0 Å². The molecular weight excluding hydrogens is 1140 g/mol. The molecule has 28 heteroatoms. The minimum absolute atomic E-state index is 0.0108. The summed E-state index contributed by atoms with van der Waals surface area (Å²) in [5.74, 6) is -1.97. The Hall–Kier alpha value is -7.62. The van der Waals surface area contributed by atoms with Crippen molar-refractivity contribution < 1.29 is 78.8 Å². The molecule has 0 bridgehead atoms. The van der Waals surface area contributed by atoms with Gasteiger partial charge in [0.05, 0.1) is 41.1 Å². The van der Waals surface area contributed by atoms with Gasteiger partial charge in [0.15, 0.2) is 0 Å². The predicted molar refractivity (Wildman–Crippen MR) is 297 cm³/mol. The monoisotopic (exact) mass is 1210 g/mol. The molecule has 5 N–H and O–H groups in total. The molecular formula is C56H69F2N9O15S2. The number of hydrogen-bond acceptors (Lipinski definition) is 15. The fourth-order valence-corrected chi connectivity index (χ4v) is 14.0. The van der Waals surface area contributed by atoms with Crippen LogP contribution < -0.4 is 25.4 Å². The third kappa shape index (κ3) is 13.2. The molecule has 0 aromatic heterocycles. The summed E-state index contributed by atoms with van der Waals surface area (Å²) in [5.41, 5.74) is -1.56. The van der Waals surface area contributed by atoms with E-state index >= 15 is 0 Å². The van der Waals surface area contributed by atoms with Crippen LogP contribution in [0, 0.1) is 23.5 Å². The highest BCUT2D eigenvalue weighted by Gasteiger charge is 2.63. The number of rotatable bonds is 16. The summed E-state index contributed by atoms with van der Waals surface area (Å²) in [6.07, 6.45) is 1.59. The van der Waals surface area contributed by atoms with Gasteiger partial charge in [-0.15, -0.1) is 13.2 Å². The van der Waals surface area contributed by atoms with Crippen molar-refractivity contribution in [1.82, 2.24) is 45.0 Å².